The van der Waals surface area contributed by atoms with Crippen LogP contribution in [-0.2, 0) is 11.2 Å². The lowest BCUT2D eigenvalue weighted by molar-refractivity contribution is -0.123. The number of carbonyl (C=O) groups is 2. The molecule has 1 aromatic rings. The van der Waals surface area contributed by atoms with Gasteiger partial charge in [-0.2, -0.15) is 0 Å². The Morgan fingerprint density at radius 2 is 1.86 bits per heavy atom. The van der Waals surface area contributed by atoms with Gasteiger partial charge in [-0.3, -0.25) is 4.79 Å². The molecular weight excluding hydrogens is 282 g/mol. The fourth-order valence-electron chi connectivity index (χ4n) is 2.27. The van der Waals surface area contributed by atoms with Crippen molar-refractivity contribution < 1.29 is 14.7 Å². The monoisotopic (exact) mass is 307 g/mol. The molecule has 5 N–H and O–H groups in total. The van der Waals surface area contributed by atoms with Crippen LogP contribution in [0.3, 0.4) is 0 Å². The summed E-state index contributed by atoms with van der Waals surface area (Å²) in [6.07, 6.45) is 1.44. The Hall–Kier alpha value is -2.08. The van der Waals surface area contributed by atoms with E-state index in [1.165, 1.54) is 0 Å². The van der Waals surface area contributed by atoms with Crippen molar-refractivity contribution in [1.29, 1.82) is 0 Å². The molecule has 1 aromatic carbocycles. The SMILES string of the molecule is C[C@@H](Cc1ccccc1)NC(=O)[C@H](CCCCN)NC(=O)O. The molecule has 2 amide bonds. The Balaban J connectivity index is 2.51. The van der Waals surface area contributed by atoms with Gasteiger partial charge in [0.15, 0.2) is 0 Å². The molecular formula is C16H25N3O3. The van der Waals surface area contributed by atoms with Crippen molar-refractivity contribution in [2.45, 2.75) is 44.7 Å². The fourth-order valence-corrected chi connectivity index (χ4v) is 2.27. The number of carboxylic acid groups (broad SMARTS) is 1. The Morgan fingerprint density at radius 3 is 2.45 bits per heavy atom. The lowest BCUT2D eigenvalue weighted by atomic mass is 10.1. The maximum absolute atomic E-state index is 12.2. The van der Waals surface area contributed by atoms with Crippen molar-refractivity contribution >= 4 is 12.0 Å². The predicted molar refractivity (Wildman–Crippen MR) is 85.6 cm³/mol. The van der Waals surface area contributed by atoms with Gasteiger partial charge in [0.2, 0.25) is 5.91 Å². The van der Waals surface area contributed by atoms with E-state index in [2.05, 4.69) is 10.6 Å². The van der Waals surface area contributed by atoms with Crippen LogP contribution < -0.4 is 16.4 Å². The predicted octanol–water partition coefficient (Wildman–Crippen LogP) is 1.50. The van der Waals surface area contributed by atoms with Gasteiger partial charge in [-0.15, -0.1) is 0 Å². The average molecular weight is 307 g/mol. The van der Waals surface area contributed by atoms with Crippen molar-refractivity contribution in [3.05, 3.63) is 35.9 Å². The minimum Gasteiger partial charge on any atom is -0.465 e. The second-order valence-electron chi connectivity index (χ2n) is 5.39. The first-order valence-corrected chi connectivity index (χ1v) is 7.56. The Bertz CT molecular complexity index is 465. The van der Waals surface area contributed by atoms with E-state index in [9.17, 15) is 9.59 Å². The summed E-state index contributed by atoms with van der Waals surface area (Å²) in [5, 5.41) is 14.0. The Labute approximate surface area is 131 Å². The molecule has 0 spiro atoms. The van der Waals surface area contributed by atoms with E-state index in [4.69, 9.17) is 10.8 Å². The van der Waals surface area contributed by atoms with Crippen LogP contribution >= 0.6 is 0 Å². The van der Waals surface area contributed by atoms with Crippen molar-refractivity contribution in [2.24, 2.45) is 5.73 Å². The summed E-state index contributed by atoms with van der Waals surface area (Å²) in [6, 6.07) is 9.03. The molecule has 0 aliphatic carbocycles. The van der Waals surface area contributed by atoms with E-state index in [1.54, 1.807) is 0 Å². The molecule has 122 valence electrons. The van der Waals surface area contributed by atoms with Gasteiger partial charge >= 0.3 is 6.09 Å². The van der Waals surface area contributed by atoms with Crippen LogP contribution in [-0.4, -0.2) is 35.7 Å². The molecule has 0 saturated carbocycles. The Kier molecular flexibility index (Phi) is 7.99. The van der Waals surface area contributed by atoms with Crippen molar-refractivity contribution in [2.75, 3.05) is 6.54 Å². The normalized spacial score (nSPS) is 13.2. The maximum Gasteiger partial charge on any atom is 0.405 e. The van der Waals surface area contributed by atoms with Gasteiger partial charge in [0.25, 0.3) is 0 Å². The number of rotatable bonds is 9. The minimum atomic E-state index is -1.19. The van der Waals surface area contributed by atoms with Gasteiger partial charge in [0, 0.05) is 6.04 Å². The largest absolute Gasteiger partial charge is 0.465 e. The summed E-state index contributed by atoms with van der Waals surface area (Å²) >= 11 is 0. The Morgan fingerprint density at radius 1 is 1.18 bits per heavy atom. The van der Waals surface area contributed by atoms with Crippen LogP contribution in [0.1, 0.15) is 31.7 Å². The maximum atomic E-state index is 12.2. The molecule has 0 unspecified atom stereocenters. The number of unbranched alkanes of at least 4 members (excludes halogenated alkanes) is 1. The van der Waals surface area contributed by atoms with Crippen LogP contribution in [0.25, 0.3) is 0 Å². The highest BCUT2D eigenvalue weighted by atomic mass is 16.4. The molecule has 0 radical (unpaired) electrons. The van der Waals surface area contributed by atoms with Crippen molar-refractivity contribution in [1.82, 2.24) is 10.6 Å². The number of hydrogen-bond acceptors (Lipinski definition) is 3. The summed E-state index contributed by atoms with van der Waals surface area (Å²) in [5.74, 6) is -0.289. The first kappa shape index (κ1) is 18.0. The first-order chi connectivity index (χ1) is 10.5. The highest BCUT2D eigenvalue weighted by Crippen LogP contribution is 2.05. The lowest BCUT2D eigenvalue weighted by Crippen LogP contribution is -2.49. The van der Waals surface area contributed by atoms with Gasteiger partial charge in [-0.25, -0.2) is 4.79 Å². The van der Waals surface area contributed by atoms with E-state index < -0.39 is 12.1 Å². The molecule has 0 aliphatic heterocycles. The van der Waals surface area contributed by atoms with E-state index in [-0.39, 0.29) is 11.9 Å². The molecule has 0 bridgehead atoms. The third-order valence-electron chi connectivity index (χ3n) is 3.33. The number of nitrogens with one attached hydrogen (secondary N) is 2. The van der Waals surface area contributed by atoms with Gasteiger partial charge in [-0.1, -0.05) is 30.3 Å². The first-order valence-electron chi connectivity index (χ1n) is 7.56. The van der Waals surface area contributed by atoms with Crippen LogP contribution in [0.2, 0.25) is 0 Å². The van der Waals surface area contributed by atoms with E-state index >= 15 is 0 Å². The van der Waals surface area contributed by atoms with Crippen molar-refractivity contribution in [3.8, 4) is 0 Å². The van der Waals surface area contributed by atoms with Gasteiger partial charge < -0.3 is 21.5 Å². The summed E-state index contributed by atoms with van der Waals surface area (Å²) in [6.45, 7) is 2.44. The molecule has 6 heteroatoms. The topological polar surface area (TPSA) is 104 Å². The number of carbonyl (C=O) groups excluding carboxylic acids is 1. The third-order valence-corrected chi connectivity index (χ3v) is 3.33. The molecule has 0 saturated heterocycles. The van der Waals surface area contributed by atoms with Crippen LogP contribution in [0, 0.1) is 0 Å². The number of amides is 2. The van der Waals surface area contributed by atoms with Gasteiger partial charge in [0.05, 0.1) is 0 Å². The molecule has 1 rings (SSSR count). The number of hydrogen-bond donors (Lipinski definition) is 4. The highest BCUT2D eigenvalue weighted by Gasteiger charge is 2.21. The van der Waals surface area contributed by atoms with Crippen molar-refractivity contribution in [3.63, 3.8) is 0 Å². The zero-order valence-corrected chi connectivity index (χ0v) is 12.9. The fraction of sp³-hybridized carbons (Fsp3) is 0.500. The minimum absolute atomic E-state index is 0.0671. The standard InChI is InChI=1S/C16H25N3O3/c1-12(11-13-7-3-2-4-8-13)18-15(20)14(19-16(21)22)9-5-6-10-17/h2-4,7-8,12,14,19H,5-6,9-11,17H2,1H3,(H,18,20)(H,21,22)/t12-,14-/m0/s1. The van der Waals surface area contributed by atoms with E-state index in [0.29, 0.717) is 25.8 Å². The molecule has 0 fully saturated rings. The number of nitrogens with two attached hydrogens (primary N) is 1. The quantitative estimate of drug-likeness (QED) is 0.519. The van der Waals surface area contributed by atoms with Crippen LogP contribution in [0.5, 0.6) is 0 Å². The van der Waals surface area contributed by atoms with E-state index in [0.717, 1.165) is 12.0 Å². The summed E-state index contributed by atoms with van der Waals surface area (Å²) < 4.78 is 0. The highest BCUT2D eigenvalue weighted by molar-refractivity contribution is 5.85. The molecule has 2 atom stereocenters. The van der Waals surface area contributed by atoms with E-state index in [1.807, 2.05) is 37.3 Å². The van der Waals surface area contributed by atoms with Crippen LogP contribution in [0.15, 0.2) is 30.3 Å². The molecule has 6 nitrogen and oxygen atoms in total. The van der Waals surface area contributed by atoms with Crippen LogP contribution in [0.4, 0.5) is 4.79 Å². The van der Waals surface area contributed by atoms with Gasteiger partial charge in [0.1, 0.15) is 6.04 Å². The molecule has 22 heavy (non-hydrogen) atoms. The van der Waals surface area contributed by atoms with Gasteiger partial charge in [-0.05, 0) is 44.7 Å². The second-order valence-corrected chi connectivity index (χ2v) is 5.39. The molecule has 0 aliphatic rings. The summed E-state index contributed by atoms with van der Waals surface area (Å²) in [7, 11) is 0. The third kappa shape index (κ3) is 7.08. The number of benzene rings is 1. The lowest BCUT2D eigenvalue weighted by Gasteiger charge is -2.20. The zero-order chi connectivity index (χ0) is 16.4. The average Bonchev–Trinajstić information content (AvgIpc) is 2.46. The summed E-state index contributed by atoms with van der Waals surface area (Å²) in [4.78, 5) is 23.0. The smallest absolute Gasteiger partial charge is 0.405 e. The molecule has 0 heterocycles. The molecule has 0 aromatic heterocycles. The zero-order valence-electron chi connectivity index (χ0n) is 12.9. The second kappa shape index (κ2) is 9.78. The summed E-state index contributed by atoms with van der Waals surface area (Å²) in [5.41, 5.74) is 6.55.